The number of methoxy groups -OCH3 is 2. The number of carbonyl (C=O) groups excluding carboxylic acids is 2. The summed E-state index contributed by atoms with van der Waals surface area (Å²) in [5.41, 5.74) is 2.24. The Morgan fingerprint density at radius 1 is 1.04 bits per heavy atom. The Kier molecular flexibility index (Phi) is 25.3. The minimum Gasteiger partial charge on any atom is -0.497 e. The van der Waals surface area contributed by atoms with Crippen LogP contribution in [0.15, 0.2) is 89.4 Å². The maximum Gasteiger partial charge on any atom is 0.279 e. The van der Waals surface area contributed by atoms with Crippen LogP contribution in [0.4, 0.5) is 10.1 Å². The van der Waals surface area contributed by atoms with Gasteiger partial charge in [0.05, 0.1) is 49.6 Å². The predicted octanol–water partition coefficient (Wildman–Crippen LogP) is 4.01. The van der Waals surface area contributed by atoms with E-state index >= 15 is 0 Å². The molecule has 13 nitrogen and oxygen atoms in total. The summed E-state index contributed by atoms with van der Waals surface area (Å²) < 4.78 is 24.8. The molecule has 1 fully saturated rings. The van der Waals surface area contributed by atoms with Gasteiger partial charge < -0.3 is 45.2 Å². The van der Waals surface area contributed by atoms with E-state index in [4.69, 9.17) is 24.4 Å². The molecule has 3 rings (SSSR count). The van der Waals surface area contributed by atoms with E-state index in [0.29, 0.717) is 53.1 Å². The van der Waals surface area contributed by atoms with Gasteiger partial charge >= 0.3 is 0 Å². The minimum absolute atomic E-state index is 0.128. The maximum absolute atomic E-state index is 13.5. The fourth-order valence-electron chi connectivity index (χ4n) is 5.31. The lowest BCUT2D eigenvalue weighted by atomic mass is 10.1. The van der Waals surface area contributed by atoms with Crippen molar-refractivity contribution in [3.05, 3.63) is 117 Å². The minimum atomic E-state index is -0.407. The highest BCUT2D eigenvalue weighted by molar-refractivity contribution is 5.52. The first-order valence-electron chi connectivity index (χ1n) is 18.4. The number of rotatable bonds is 15. The van der Waals surface area contributed by atoms with Gasteiger partial charge in [0.2, 0.25) is 6.41 Å². The number of nitrogens with zero attached hydrogens (tertiary/aromatic N) is 4. The second-order valence-corrected chi connectivity index (χ2v) is 12.4. The molecule has 1 amide bonds. The first-order chi connectivity index (χ1) is 26.8. The summed E-state index contributed by atoms with van der Waals surface area (Å²) >= 11 is 0. The fraction of sp³-hybridized carbons (Fsp3) is 0.429. The average Bonchev–Trinajstić information content (AvgIpc) is 3.19. The van der Waals surface area contributed by atoms with Gasteiger partial charge in [0.15, 0.2) is 5.82 Å². The lowest BCUT2D eigenvalue weighted by molar-refractivity contribution is -0.110. The summed E-state index contributed by atoms with van der Waals surface area (Å²) in [5, 5.41) is 20.3. The molecular weight excluding hydrogens is 718 g/mol. The number of ether oxygens (including phenoxy) is 2. The molecule has 2 heterocycles. The second kappa shape index (κ2) is 28.0. The van der Waals surface area contributed by atoms with Crippen molar-refractivity contribution >= 4 is 31.0 Å². The molecule has 0 spiro atoms. The zero-order valence-electron chi connectivity index (χ0n) is 34.9. The third-order valence-corrected chi connectivity index (χ3v) is 8.15. The molecule has 1 aromatic heterocycles. The number of aromatic nitrogens is 2. The molecule has 4 N–H and O–H groups in total. The number of aliphatic hydroxyl groups is 1. The van der Waals surface area contributed by atoms with Gasteiger partial charge in [-0.2, -0.15) is 0 Å². The highest BCUT2D eigenvalue weighted by Crippen LogP contribution is 2.18. The number of hydrogen-bond acceptors (Lipinski definition) is 11. The quantitative estimate of drug-likeness (QED) is 0.118. The van der Waals surface area contributed by atoms with Crippen LogP contribution in [0.5, 0.6) is 0 Å². The molecular formula is C42H64FN7O6. The number of aliphatic hydroxyl groups excluding tert-OH is 1. The number of likely N-dealkylation sites (N-methyl/N-ethyl adjacent to an activating group) is 1. The zero-order valence-corrected chi connectivity index (χ0v) is 34.9. The number of nitrogens with one attached hydrogen (secondary N) is 3. The molecule has 0 bridgehead atoms. The van der Waals surface area contributed by atoms with E-state index < -0.39 is 6.04 Å². The van der Waals surface area contributed by atoms with Crippen molar-refractivity contribution in [2.75, 3.05) is 57.8 Å². The number of halogens is 1. The van der Waals surface area contributed by atoms with Gasteiger partial charge in [-0.3, -0.25) is 9.59 Å². The summed E-state index contributed by atoms with van der Waals surface area (Å²) in [4.78, 5) is 39.6. The fourth-order valence-corrected chi connectivity index (χ4v) is 5.31. The van der Waals surface area contributed by atoms with E-state index in [9.17, 15) is 14.0 Å². The summed E-state index contributed by atoms with van der Waals surface area (Å²) in [6, 6.07) is 5.83. The van der Waals surface area contributed by atoms with Gasteiger partial charge in [0.25, 0.3) is 5.56 Å². The van der Waals surface area contributed by atoms with Crippen molar-refractivity contribution in [3.8, 4) is 0 Å². The van der Waals surface area contributed by atoms with Gasteiger partial charge in [-0.1, -0.05) is 38.3 Å². The number of hydrogen-bond donors (Lipinski definition) is 4. The van der Waals surface area contributed by atoms with Crippen LogP contribution in [-0.2, 0) is 19.1 Å². The van der Waals surface area contributed by atoms with Gasteiger partial charge in [0, 0.05) is 42.7 Å². The SMILES string of the molecule is C=C(C(CC)NC)N1CCN(n2c(C(C)NC=O)nc(=C/C=C\C)/c(=C\C)c2=O)CC1.C=C(Nc1ccc(F)cc1)/C(=C\C(=C/C)OC)OC.C=O.CC(C)O. The summed E-state index contributed by atoms with van der Waals surface area (Å²) in [6.07, 6.45) is 12.3. The van der Waals surface area contributed by atoms with Gasteiger partial charge in [-0.15, -0.1) is 0 Å². The molecule has 1 aromatic carbocycles. The first-order valence-corrected chi connectivity index (χ1v) is 18.4. The molecule has 56 heavy (non-hydrogen) atoms. The number of piperazine rings is 1. The van der Waals surface area contributed by atoms with Crippen LogP contribution >= 0.6 is 0 Å². The molecule has 14 heteroatoms. The summed E-state index contributed by atoms with van der Waals surface area (Å²) in [6.45, 7) is 26.0. The normalized spacial score (nSPS) is 14.7. The Balaban J connectivity index is 0.00000103. The van der Waals surface area contributed by atoms with E-state index in [1.54, 1.807) is 57.0 Å². The summed E-state index contributed by atoms with van der Waals surface area (Å²) in [5.74, 6) is 1.44. The standard InChI is InChI=1S/C23H36N6O2.C15H18FNO2.C3H8O.CH2O/c1-7-10-11-21-19(8-2)23(31)29(22(26-21)17(4)25-16-30)28-14-12-27(13-15-28)18(5)20(9-3)24-6;1-5-14(18-3)10-15(19-4)11(2)17-13-8-6-12(16)7-9-13;1-3(2)4;1-2/h7-8,10-11,16-17,20,24H,5,9,12-15H2,1-4,6H3,(H,25,30);5-10,17H,2H2,1,3-4H3;3-4H,1-2H3;1H2/b10-7-,19-8+,21-11+;14-5+,15-10+;;. The second-order valence-electron chi connectivity index (χ2n) is 12.4. The van der Waals surface area contributed by atoms with Crippen LogP contribution in [0.3, 0.4) is 0 Å². The smallest absolute Gasteiger partial charge is 0.279 e. The molecule has 1 aliphatic rings. The summed E-state index contributed by atoms with van der Waals surface area (Å²) in [7, 11) is 5.07. The van der Waals surface area contributed by atoms with Crippen molar-refractivity contribution in [2.24, 2.45) is 0 Å². The topological polar surface area (TPSA) is 150 Å². The molecule has 2 aromatic rings. The molecule has 0 radical (unpaired) electrons. The lowest BCUT2D eigenvalue weighted by Gasteiger charge is -2.41. The highest BCUT2D eigenvalue weighted by atomic mass is 19.1. The van der Waals surface area contributed by atoms with Crippen molar-refractivity contribution in [1.29, 1.82) is 0 Å². The number of benzene rings is 1. The van der Waals surface area contributed by atoms with Crippen LogP contribution in [0, 0.1) is 5.82 Å². The van der Waals surface area contributed by atoms with E-state index in [-0.39, 0.29) is 23.5 Å². The number of carbonyl (C=O) groups is 2. The van der Waals surface area contributed by atoms with Crippen molar-refractivity contribution < 1.29 is 28.6 Å². The Bertz CT molecular complexity index is 1770. The van der Waals surface area contributed by atoms with Crippen molar-refractivity contribution in [1.82, 2.24) is 25.2 Å². The molecule has 2 unspecified atom stereocenters. The molecule has 1 saturated heterocycles. The van der Waals surface area contributed by atoms with Crippen LogP contribution in [0.2, 0.25) is 0 Å². The molecule has 0 saturated carbocycles. The van der Waals surface area contributed by atoms with Crippen LogP contribution in [0.1, 0.15) is 66.8 Å². The Labute approximate surface area is 332 Å². The van der Waals surface area contributed by atoms with Crippen molar-refractivity contribution in [3.63, 3.8) is 0 Å². The van der Waals surface area contributed by atoms with Gasteiger partial charge in [-0.05, 0) is 91.4 Å². The third-order valence-electron chi connectivity index (χ3n) is 8.15. The predicted molar refractivity (Wildman–Crippen MR) is 226 cm³/mol. The molecule has 2 atom stereocenters. The molecule has 1 aliphatic heterocycles. The zero-order chi connectivity index (χ0) is 42.8. The Morgan fingerprint density at radius 3 is 2.07 bits per heavy atom. The van der Waals surface area contributed by atoms with Crippen LogP contribution in [0.25, 0.3) is 12.2 Å². The largest absolute Gasteiger partial charge is 0.497 e. The van der Waals surface area contributed by atoms with E-state index in [1.807, 2.05) is 70.8 Å². The monoisotopic (exact) mass is 781 g/mol. The Hall–Kier alpha value is -5.47. The highest BCUT2D eigenvalue weighted by Gasteiger charge is 2.25. The van der Waals surface area contributed by atoms with E-state index in [0.717, 1.165) is 30.9 Å². The Morgan fingerprint density at radius 2 is 1.62 bits per heavy atom. The first kappa shape index (κ1) is 50.5. The van der Waals surface area contributed by atoms with Gasteiger partial charge in [-0.25, -0.2) is 14.1 Å². The number of anilines is 1. The number of allylic oxidation sites excluding steroid dienone is 4. The molecule has 310 valence electrons. The maximum atomic E-state index is 13.5. The van der Waals surface area contributed by atoms with Crippen LogP contribution < -0.4 is 37.1 Å². The molecule has 0 aliphatic carbocycles. The van der Waals surface area contributed by atoms with Crippen LogP contribution in [-0.4, -0.2) is 92.5 Å². The third kappa shape index (κ3) is 16.5. The number of amides is 1. The lowest BCUT2D eigenvalue weighted by Crippen LogP contribution is -2.60. The van der Waals surface area contributed by atoms with Crippen molar-refractivity contribution in [2.45, 2.75) is 73.1 Å². The average molecular weight is 782 g/mol. The van der Waals surface area contributed by atoms with E-state index in [2.05, 4.69) is 40.9 Å². The van der Waals surface area contributed by atoms with Gasteiger partial charge in [0.1, 0.15) is 24.1 Å². The van der Waals surface area contributed by atoms with E-state index in [1.165, 1.54) is 12.1 Å².